The highest BCUT2D eigenvalue weighted by Crippen LogP contribution is 2.78. The molecule has 5 saturated carbocycles. The first kappa shape index (κ1) is 63.4. The first-order valence-electron chi connectivity index (χ1n) is 29.9. The van der Waals surface area contributed by atoms with E-state index in [0.717, 1.165) is 18.4 Å². The number of hydrogen-bond donors (Lipinski definition) is 14. The Bertz CT molecular complexity index is 2500. The van der Waals surface area contributed by atoms with Crippen molar-refractivity contribution in [2.24, 2.45) is 49.7 Å². The van der Waals surface area contributed by atoms with Crippen LogP contribution in [0.25, 0.3) is 0 Å². The van der Waals surface area contributed by atoms with Gasteiger partial charge in [-0.05, 0) is 96.7 Å². The van der Waals surface area contributed by atoms with E-state index in [9.17, 15) is 76.3 Å². The summed E-state index contributed by atoms with van der Waals surface area (Å²) < 4.78 is 59.0. The van der Waals surface area contributed by atoms with Crippen LogP contribution in [0.5, 0.6) is 0 Å². The van der Waals surface area contributed by atoms with Crippen LogP contribution in [0.15, 0.2) is 11.6 Å². The van der Waals surface area contributed by atoms with E-state index in [0.29, 0.717) is 32.1 Å². The molecule has 25 unspecified atom stereocenters. The van der Waals surface area contributed by atoms with Gasteiger partial charge in [-0.2, -0.15) is 0 Å². The van der Waals surface area contributed by atoms with Gasteiger partial charge in [0.1, 0.15) is 90.4 Å². The van der Waals surface area contributed by atoms with E-state index in [4.69, 9.17) is 47.4 Å². The molecule has 6 saturated heterocycles. The predicted octanol–water partition coefficient (Wildman–Crippen LogP) is -2.06. The molecule has 0 amide bonds. The molecule has 2 bridgehead atoms. The smallest absolute Gasteiger partial charge is 0.335 e. The Morgan fingerprint density at radius 3 is 1.87 bits per heavy atom. The maximum atomic E-state index is 15.6. The topological polar surface area (TPSA) is 410 Å². The quantitative estimate of drug-likeness (QED) is 0.0601. The number of esters is 1. The van der Waals surface area contributed by atoms with Crippen molar-refractivity contribution in [2.45, 2.75) is 267 Å². The van der Waals surface area contributed by atoms with Gasteiger partial charge in [-0.15, -0.1) is 0 Å². The number of carboxylic acid groups (broad SMARTS) is 1. The van der Waals surface area contributed by atoms with Crippen LogP contribution in [0.3, 0.4) is 0 Å². The maximum absolute atomic E-state index is 15.6. The van der Waals surface area contributed by atoms with Gasteiger partial charge in [-0.3, -0.25) is 4.79 Å². The van der Waals surface area contributed by atoms with Crippen LogP contribution in [-0.4, -0.2) is 250 Å². The Hall–Kier alpha value is -2.20. The Morgan fingerprint density at radius 2 is 1.19 bits per heavy atom. The lowest BCUT2D eigenvalue weighted by Crippen LogP contribution is -2.78. The van der Waals surface area contributed by atoms with Gasteiger partial charge in [0.15, 0.2) is 37.4 Å². The van der Waals surface area contributed by atoms with Crippen molar-refractivity contribution in [3.8, 4) is 0 Å². The summed E-state index contributed by atoms with van der Waals surface area (Å²) in [5.41, 5.74) is -5.86. The summed E-state index contributed by atoms with van der Waals surface area (Å²) in [6.45, 7) is 16.0. The molecular formula is C58H90O26. The van der Waals surface area contributed by atoms with Gasteiger partial charge in [0.2, 0.25) is 6.29 Å². The second-order valence-electron chi connectivity index (χ2n) is 29.0. The Morgan fingerprint density at radius 1 is 0.571 bits per heavy atom. The van der Waals surface area contributed by atoms with Crippen LogP contribution in [0.2, 0.25) is 0 Å². The number of aliphatic hydroxyl groups excluding tert-OH is 12. The summed E-state index contributed by atoms with van der Waals surface area (Å²) in [6.07, 6.45) is -29.2. The van der Waals surface area contributed by atoms with Gasteiger partial charge in [-0.25, -0.2) is 4.79 Å². The number of aliphatic hydroxyl groups is 13. The Kier molecular flexibility index (Phi) is 16.4. The fraction of sp³-hybridized carbons (Fsp3) is 0.931. The van der Waals surface area contributed by atoms with Crippen LogP contribution < -0.4 is 0 Å². The molecule has 6 aliphatic heterocycles. The third-order valence-corrected chi connectivity index (χ3v) is 23.5. The number of rotatable bonds is 11. The van der Waals surface area contributed by atoms with Crippen molar-refractivity contribution in [3.05, 3.63) is 11.6 Å². The number of allylic oxidation sites excluding steroid dienone is 2. The summed E-state index contributed by atoms with van der Waals surface area (Å²) in [6, 6.07) is 0. The molecule has 12 aliphatic rings. The van der Waals surface area contributed by atoms with Gasteiger partial charge in [0.05, 0.1) is 38.1 Å². The predicted molar refractivity (Wildman–Crippen MR) is 280 cm³/mol. The van der Waals surface area contributed by atoms with Gasteiger partial charge >= 0.3 is 11.9 Å². The molecule has 11 fully saturated rings. The van der Waals surface area contributed by atoms with Crippen LogP contribution in [0.4, 0.5) is 0 Å². The van der Waals surface area contributed by atoms with Crippen LogP contribution in [0.1, 0.15) is 120 Å². The summed E-state index contributed by atoms with van der Waals surface area (Å²) >= 11 is 0. The molecule has 84 heavy (non-hydrogen) atoms. The number of carbonyl (C=O) groups is 2. The largest absolute Gasteiger partial charge is 0.479 e. The summed E-state index contributed by atoms with van der Waals surface area (Å²) in [5, 5.41) is 153. The van der Waals surface area contributed by atoms with E-state index in [1.165, 1.54) is 0 Å². The Balaban J connectivity index is 0.804. The molecule has 14 N–H and O–H groups in total. The van der Waals surface area contributed by atoms with Gasteiger partial charge < -0.3 is 119 Å². The molecule has 0 spiro atoms. The summed E-state index contributed by atoms with van der Waals surface area (Å²) in [7, 11) is 0. The van der Waals surface area contributed by atoms with Crippen molar-refractivity contribution < 1.29 is 128 Å². The normalized spacial score (nSPS) is 55.8. The molecule has 6 heterocycles. The average molecular weight is 1200 g/mol. The summed E-state index contributed by atoms with van der Waals surface area (Å²) in [5.74, 6) is -2.15. The van der Waals surface area contributed by atoms with Crippen molar-refractivity contribution in [3.63, 3.8) is 0 Å². The molecule has 0 aromatic heterocycles. The number of ether oxygens (including phenoxy) is 10. The maximum Gasteiger partial charge on any atom is 0.335 e. The van der Waals surface area contributed by atoms with Gasteiger partial charge in [-0.1, -0.05) is 67.0 Å². The second kappa shape index (κ2) is 21.8. The van der Waals surface area contributed by atoms with Crippen LogP contribution in [-0.2, 0) is 57.0 Å². The molecule has 26 nitrogen and oxygen atoms in total. The van der Waals surface area contributed by atoms with Crippen LogP contribution >= 0.6 is 0 Å². The monoisotopic (exact) mass is 1200 g/mol. The van der Waals surface area contributed by atoms with Crippen LogP contribution in [0, 0.1) is 49.7 Å². The zero-order valence-corrected chi connectivity index (χ0v) is 48.9. The molecule has 0 aromatic carbocycles. The average Bonchev–Trinajstić information content (AvgIpc) is 0.687. The minimum atomic E-state index is -2.14. The number of aliphatic carboxylic acids is 1. The van der Waals surface area contributed by atoms with Crippen molar-refractivity contribution in [2.75, 3.05) is 19.8 Å². The third-order valence-electron chi connectivity index (χ3n) is 23.5. The lowest BCUT2D eigenvalue weighted by Gasteiger charge is -2.73. The molecule has 478 valence electrons. The fourth-order valence-electron chi connectivity index (χ4n) is 18.7. The molecule has 6 aliphatic carbocycles. The highest BCUT2D eigenvalue weighted by atomic mass is 16.8. The van der Waals surface area contributed by atoms with E-state index >= 15 is 4.79 Å². The molecule has 31 atom stereocenters. The lowest BCUT2D eigenvalue weighted by atomic mass is 9.31. The van der Waals surface area contributed by atoms with E-state index in [2.05, 4.69) is 54.5 Å². The zero-order valence-electron chi connectivity index (χ0n) is 48.9. The highest BCUT2D eigenvalue weighted by Gasteiger charge is 2.76. The zero-order chi connectivity index (χ0) is 61.1. The van der Waals surface area contributed by atoms with E-state index in [1.54, 1.807) is 0 Å². The second-order valence-corrected chi connectivity index (χ2v) is 29.0. The molecule has 0 radical (unpaired) electrons. The van der Waals surface area contributed by atoms with E-state index in [1.807, 2.05) is 6.92 Å². The molecule has 0 aromatic rings. The molecule has 12 rings (SSSR count). The van der Waals surface area contributed by atoms with Crippen molar-refractivity contribution in [1.29, 1.82) is 0 Å². The van der Waals surface area contributed by atoms with Crippen molar-refractivity contribution in [1.82, 2.24) is 0 Å². The van der Waals surface area contributed by atoms with Gasteiger partial charge in [0.25, 0.3) is 0 Å². The SMILES string of the molecule is CC1(C)CCC2(C(=O)OC3OCC(O)C(O)C3OC3OC4CC(O)(C3O)C4OC3OCC(O)C(OC4OCC(O)C(O)C4O)C3O)[C@H](O)C[C@]3(C)C(=CCC4[C@@]5(C)CC[C@H](OC6OC(C(=O)O)C(O)C(O)C6O)C(C)(C)C5CC[C@]43C)[C@]2(C)C1. The summed E-state index contributed by atoms with van der Waals surface area (Å²) in [4.78, 5) is 27.6. The first-order valence-corrected chi connectivity index (χ1v) is 29.9. The van der Waals surface area contributed by atoms with Crippen molar-refractivity contribution >= 4 is 11.9 Å². The Labute approximate surface area is 486 Å². The lowest BCUT2D eigenvalue weighted by molar-refractivity contribution is -0.431. The van der Waals surface area contributed by atoms with E-state index in [-0.39, 0.29) is 41.9 Å². The fourth-order valence-corrected chi connectivity index (χ4v) is 18.7. The standard InChI is InChI=1S/C58H90O26/c1-51(2)15-16-57(30(62)18-55(7)29(56(57,8)22-51)10-9-28-53(5)13-12-31(52(3,4)27(53)11-14-54(28,55)6)79-47-37(68)34(65)35(66)40(81-47)44(71)72)50(73)84-48-41(33(64)24(60)20-77-48)82-49-42(70)58(74)17-26(78-49)43(58)83-46-38(69)39(25(61)21-76-46)80-45-36(67)32(63)23(59)19-75-45/h10,23-28,30-43,45-49,59-70,74H,9,11-22H2,1-8H3,(H,71,72)/t23?,24?,25?,26?,27?,28?,30-,31+,32?,33?,34?,35?,36?,37?,38?,39?,40?,41?,42?,43?,45?,46?,47?,48?,49?,53+,54-,55-,56+,57?,58?/m1/s1. The minimum absolute atomic E-state index is 0.0617. The minimum Gasteiger partial charge on any atom is -0.479 e. The highest BCUT2D eigenvalue weighted by molar-refractivity contribution is 5.81. The van der Waals surface area contributed by atoms with E-state index < -0.39 is 206 Å². The first-order chi connectivity index (χ1) is 39.1. The molecular weight excluding hydrogens is 1110 g/mol. The number of fused-ring (bicyclic) bond motifs is 9. The third kappa shape index (κ3) is 9.47. The number of carbonyl (C=O) groups excluding carboxylic acids is 1. The molecule has 26 heteroatoms. The number of hydrogen-bond acceptors (Lipinski definition) is 25. The number of carboxylic acids is 1. The van der Waals surface area contributed by atoms with Gasteiger partial charge in [0, 0.05) is 11.8 Å².